The first-order chi connectivity index (χ1) is 7.75. The molecular weight excluding hydrogens is 196 g/mol. The third kappa shape index (κ3) is 1.26. The summed E-state index contributed by atoms with van der Waals surface area (Å²) in [6.45, 7) is 4.11. The molecule has 0 unspecified atom stereocenters. The molecule has 1 aliphatic carbocycles. The van der Waals surface area contributed by atoms with Crippen molar-refractivity contribution in [2.75, 3.05) is 0 Å². The van der Waals surface area contributed by atoms with E-state index >= 15 is 0 Å². The Morgan fingerprint density at radius 2 is 2.06 bits per heavy atom. The van der Waals surface area contributed by atoms with Crippen molar-refractivity contribution in [3.63, 3.8) is 0 Å². The zero-order valence-corrected chi connectivity index (χ0v) is 9.37. The maximum atomic E-state index is 5.90. The summed E-state index contributed by atoms with van der Waals surface area (Å²) in [5.74, 6) is 1.80. The van der Waals surface area contributed by atoms with E-state index in [0.717, 1.165) is 33.8 Å². The lowest BCUT2D eigenvalue weighted by molar-refractivity contribution is 0.430. The molecule has 0 atom stereocenters. The average Bonchev–Trinajstić information content (AvgIpc) is 2.42. The quantitative estimate of drug-likeness (QED) is 0.590. The zero-order valence-electron chi connectivity index (χ0n) is 9.37. The van der Waals surface area contributed by atoms with Crippen molar-refractivity contribution in [2.24, 2.45) is 0 Å². The lowest BCUT2D eigenvalue weighted by atomic mass is 10.0. The summed E-state index contributed by atoms with van der Waals surface area (Å²) in [7, 11) is 0. The first kappa shape index (κ1) is 9.26. The van der Waals surface area contributed by atoms with Crippen LogP contribution in [0.5, 0.6) is 5.75 Å². The van der Waals surface area contributed by atoms with Crippen LogP contribution in [0.25, 0.3) is 5.57 Å². The molecule has 3 rings (SSSR count). The molecule has 1 heterocycles. The second-order valence-electron chi connectivity index (χ2n) is 4.13. The zero-order chi connectivity index (χ0) is 11.1. The van der Waals surface area contributed by atoms with E-state index in [2.05, 4.69) is 43.0 Å². The van der Waals surface area contributed by atoms with Gasteiger partial charge in [0, 0.05) is 11.1 Å². The van der Waals surface area contributed by atoms with Gasteiger partial charge in [0.15, 0.2) is 5.76 Å². The molecule has 1 aromatic rings. The molecule has 0 radical (unpaired) electrons. The van der Waals surface area contributed by atoms with Crippen LogP contribution in [-0.2, 0) is 0 Å². The minimum atomic E-state index is 0.835. The Morgan fingerprint density at radius 3 is 2.94 bits per heavy atom. The molecule has 0 saturated heterocycles. The Morgan fingerprint density at radius 1 is 1.19 bits per heavy atom. The van der Waals surface area contributed by atoms with Crippen LogP contribution in [-0.4, -0.2) is 0 Å². The van der Waals surface area contributed by atoms with E-state index in [1.165, 1.54) is 0 Å². The van der Waals surface area contributed by atoms with Gasteiger partial charge in [-0.3, -0.25) is 0 Å². The summed E-state index contributed by atoms with van der Waals surface area (Å²) in [5, 5.41) is 0. The number of allylic oxidation sites excluding steroid dienone is 4. The van der Waals surface area contributed by atoms with E-state index in [0.29, 0.717) is 0 Å². The molecule has 1 nitrogen and oxygen atoms in total. The lowest BCUT2D eigenvalue weighted by Gasteiger charge is -2.18. The summed E-state index contributed by atoms with van der Waals surface area (Å²) < 4.78 is 5.90. The molecule has 2 bridgehead atoms. The molecule has 16 heavy (non-hydrogen) atoms. The highest BCUT2D eigenvalue weighted by molar-refractivity contribution is 5.81. The van der Waals surface area contributed by atoms with Crippen LogP contribution in [0, 0.1) is 6.92 Å². The van der Waals surface area contributed by atoms with Gasteiger partial charge < -0.3 is 4.74 Å². The Kier molecular flexibility index (Phi) is 1.89. The molecule has 0 saturated carbocycles. The van der Waals surface area contributed by atoms with Crippen molar-refractivity contribution in [2.45, 2.75) is 13.8 Å². The second-order valence-corrected chi connectivity index (χ2v) is 4.13. The summed E-state index contributed by atoms with van der Waals surface area (Å²) in [4.78, 5) is 0. The van der Waals surface area contributed by atoms with E-state index < -0.39 is 0 Å². The third-order valence-corrected chi connectivity index (χ3v) is 2.92. The van der Waals surface area contributed by atoms with Gasteiger partial charge in [-0.05, 0) is 37.1 Å². The van der Waals surface area contributed by atoms with Gasteiger partial charge >= 0.3 is 0 Å². The largest absolute Gasteiger partial charge is 0.448 e. The molecule has 1 heteroatoms. The summed E-state index contributed by atoms with van der Waals surface area (Å²) >= 11 is 0. The van der Waals surface area contributed by atoms with E-state index in [1.807, 2.05) is 13.0 Å². The second kappa shape index (κ2) is 3.26. The number of fused-ring (bicyclic) bond motifs is 2. The minimum absolute atomic E-state index is 0.835. The molecule has 2 aliphatic rings. The maximum Gasteiger partial charge on any atom is 0.173 e. The predicted molar refractivity (Wildman–Crippen MR) is 65.1 cm³/mol. The van der Waals surface area contributed by atoms with E-state index in [1.54, 1.807) is 0 Å². The monoisotopic (exact) mass is 208 g/mol. The predicted octanol–water partition coefficient (Wildman–Crippen LogP) is 3.77. The first-order valence-corrected chi connectivity index (χ1v) is 5.40. The Balaban J connectivity index is 2.30. The topological polar surface area (TPSA) is 9.23 Å². The number of para-hydroxylation sites is 1. The van der Waals surface area contributed by atoms with Gasteiger partial charge in [0.25, 0.3) is 0 Å². The number of benzene rings is 1. The summed E-state index contributed by atoms with van der Waals surface area (Å²) in [6, 6.07) is 6.20. The smallest absolute Gasteiger partial charge is 0.173 e. The Bertz CT molecular complexity index is 594. The summed E-state index contributed by atoms with van der Waals surface area (Å²) in [5.41, 5.74) is 7.81. The van der Waals surface area contributed by atoms with E-state index in [9.17, 15) is 0 Å². The standard InChI is InChI=1S/C15H12O/c1-10-5-3-7-12-9-14(10)16-15-11(2)6-4-8-13(12)15/h3-8H,1-2H3. The molecule has 0 spiro atoms. The number of rotatable bonds is 0. The van der Waals surface area contributed by atoms with Crippen LogP contribution >= 0.6 is 0 Å². The van der Waals surface area contributed by atoms with Crippen LogP contribution < -0.4 is 4.74 Å². The fraction of sp³-hybridized carbons (Fsp3) is 0.133. The minimum Gasteiger partial charge on any atom is -0.448 e. The maximum absolute atomic E-state index is 5.90. The van der Waals surface area contributed by atoms with Crippen molar-refractivity contribution < 1.29 is 4.74 Å². The van der Waals surface area contributed by atoms with Crippen molar-refractivity contribution >= 4 is 5.57 Å². The van der Waals surface area contributed by atoms with Gasteiger partial charge in [-0.15, -0.1) is 0 Å². The van der Waals surface area contributed by atoms with Crippen LogP contribution in [0.2, 0.25) is 0 Å². The highest BCUT2D eigenvalue weighted by Crippen LogP contribution is 2.36. The van der Waals surface area contributed by atoms with Gasteiger partial charge in [-0.2, -0.15) is 0 Å². The van der Waals surface area contributed by atoms with E-state index in [4.69, 9.17) is 4.74 Å². The van der Waals surface area contributed by atoms with Crippen LogP contribution in [0.4, 0.5) is 0 Å². The van der Waals surface area contributed by atoms with Crippen LogP contribution in [0.3, 0.4) is 0 Å². The Hall–Kier alpha value is -1.98. The number of ether oxygens (including phenoxy) is 1. The van der Waals surface area contributed by atoms with E-state index in [-0.39, 0.29) is 0 Å². The van der Waals surface area contributed by atoms with Gasteiger partial charge in [-0.25, -0.2) is 0 Å². The van der Waals surface area contributed by atoms with Gasteiger partial charge in [0.2, 0.25) is 0 Å². The lowest BCUT2D eigenvalue weighted by Crippen LogP contribution is -2.03. The molecule has 0 aromatic heterocycles. The molecule has 1 aliphatic heterocycles. The molecule has 0 N–H and O–H groups in total. The molecule has 78 valence electrons. The molecular formula is C15H12O. The van der Waals surface area contributed by atoms with Gasteiger partial charge in [-0.1, -0.05) is 30.0 Å². The summed E-state index contributed by atoms with van der Waals surface area (Å²) in [6.07, 6.45) is 6.18. The first-order valence-electron chi connectivity index (χ1n) is 5.40. The average molecular weight is 208 g/mol. The highest BCUT2D eigenvalue weighted by Gasteiger charge is 2.18. The molecule has 0 amide bonds. The van der Waals surface area contributed by atoms with Crippen LogP contribution in [0.1, 0.15) is 18.1 Å². The fourth-order valence-electron chi connectivity index (χ4n) is 1.99. The van der Waals surface area contributed by atoms with Crippen molar-refractivity contribution in [1.82, 2.24) is 0 Å². The third-order valence-electron chi connectivity index (χ3n) is 2.92. The number of aryl methyl sites for hydroxylation is 1. The van der Waals surface area contributed by atoms with Crippen molar-refractivity contribution in [1.29, 1.82) is 0 Å². The SMILES string of the molecule is CC1=CC=CC2=C=C1Oc1c(C)cccc12. The van der Waals surface area contributed by atoms with Crippen molar-refractivity contribution in [3.05, 3.63) is 64.6 Å². The number of hydrogen-bond acceptors (Lipinski definition) is 1. The molecule has 0 fully saturated rings. The van der Waals surface area contributed by atoms with Crippen LogP contribution in [0.15, 0.2) is 53.5 Å². The van der Waals surface area contributed by atoms with Crippen molar-refractivity contribution in [3.8, 4) is 5.75 Å². The van der Waals surface area contributed by atoms with Gasteiger partial charge in [0.05, 0.1) is 0 Å². The normalized spacial score (nSPS) is 16.5. The highest BCUT2D eigenvalue weighted by atomic mass is 16.5. The number of hydrogen-bond donors (Lipinski definition) is 0. The molecule has 1 aromatic carbocycles. The van der Waals surface area contributed by atoms with Gasteiger partial charge in [0.1, 0.15) is 5.75 Å². The Labute approximate surface area is 95.1 Å². The fourth-order valence-corrected chi connectivity index (χ4v) is 1.99.